The number of anilines is 1. The summed E-state index contributed by atoms with van der Waals surface area (Å²) in [7, 11) is 0. The number of alkyl halides is 3. The van der Waals surface area contributed by atoms with Crippen molar-refractivity contribution in [1.82, 2.24) is 10.3 Å². The van der Waals surface area contributed by atoms with Crippen molar-refractivity contribution in [2.75, 3.05) is 11.9 Å². The predicted molar refractivity (Wildman–Crippen MR) is 88.7 cm³/mol. The number of amides is 2. The molecule has 1 aliphatic rings. The summed E-state index contributed by atoms with van der Waals surface area (Å²) in [4.78, 5) is 27.6. The third-order valence-electron chi connectivity index (χ3n) is 3.69. The van der Waals surface area contributed by atoms with Gasteiger partial charge in [0, 0.05) is 18.0 Å². The zero-order valence-electron chi connectivity index (χ0n) is 13.4. The van der Waals surface area contributed by atoms with Crippen LogP contribution in [0.3, 0.4) is 0 Å². The van der Waals surface area contributed by atoms with E-state index >= 15 is 0 Å². The van der Waals surface area contributed by atoms with Crippen LogP contribution in [0.15, 0.2) is 18.2 Å². The number of aromatic nitrogens is 1. The van der Waals surface area contributed by atoms with Crippen molar-refractivity contribution < 1.29 is 27.5 Å². The van der Waals surface area contributed by atoms with Crippen LogP contribution in [0, 0.1) is 0 Å². The van der Waals surface area contributed by atoms with Gasteiger partial charge in [-0.3, -0.25) is 9.59 Å². The molecule has 0 unspecified atom stereocenters. The number of ether oxygens (including phenoxy) is 1. The van der Waals surface area contributed by atoms with Gasteiger partial charge in [0.1, 0.15) is 5.75 Å². The second kappa shape index (κ2) is 6.72. The topological polar surface area (TPSA) is 106 Å². The van der Waals surface area contributed by atoms with Crippen LogP contribution in [0.4, 0.5) is 18.3 Å². The lowest BCUT2D eigenvalue weighted by Crippen LogP contribution is -2.37. The molecule has 0 spiro atoms. The van der Waals surface area contributed by atoms with Crippen molar-refractivity contribution in [3.63, 3.8) is 0 Å². The van der Waals surface area contributed by atoms with E-state index in [9.17, 15) is 22.8 Å². The lowest BCUT2D eigenvalue weighted by Gasteiger charge is -2.08. The van der Waals surface area contributed by atoms with Gasteiger partial charge in [-0.1, -0.05) is 11.3 Å². The maximum Gasteiger partial charge on any atom is 0.573 e. The van der Waals surface area contributed by atoms with Crippen molar-refractivity contribution in [2.45, 2.75) is 31.2 Å². The molecule has 0 atom stereocenters. The Labute approximate surface area is 149 Å². The van der Waals surface area contributed by atoms with E-state index in [1.54, 1.807) is 0 Å². The minimum Gasteiger partial charge on any atom is -0.406 e. The number of nitrogens with zero attached hydrogens (tertiary/aromatic N) is 1. The molecular weight excluding hydrogens is 373 g/mol. The Bertz CT molecular complexity index is 848. The number of nitrogens with one attached hydrogen (secondary N) is 2. The molecule has 0 aliphatic heterocycles. The highest BCUT2D eigenvalue weighted by Crippen LogP contribution is 2.35. The van der Waals surface area contributed by atoms with Crippen LogP contribution in [-0.4, -0.2) is 35.2 Å². The number of halogens is 3. The number of hydrogen-bond donors (Lipinski definition) is 3. The molecule has 1 aromatic carbocycles. The van der Waals surface area contributed by atoms with Crippen LogP contribution in [0.2, 0.25) is 0 Å². The predicted octanol–water partition coefficient (Wildman–Crippen LogP) is 2.13. The van der Waals surface area contributed by atoms with E-state index in [2.05, 4.69) is 20.4 Å². The van der Waals surface area contributed by atoms with Crippen molar-refractivity contribution >= 4 is 38.5 Å². The lowest BCUT2D eigenvalue weighted by molar-refractivity contribution is -0.274. The fraction of sp³-hybridized carbons (Fsp3) is 0.400. The molecule has 1 heterocycles. The van der Waals surface area contributed by atoms with Crippen LogP contribution in [0.5, 0.6) is 5.75 Å². The molecule has 1 aromatic heterocycles. The molecule has 11 heteroatoms. The molecule has 0 bridgehead atoms. The van der Waals surface area contributed by atoms with Crippen molar-refractivity contribution in [3.8, 4) is 5.75 Å². The van der Waals surface area contributed by atoms with Gasteiger partial charge < -0.3 is 21.1 Å². The van der Waals surface area contributed by atoms with Crippen molar-refractivity contribution in [2.24, 2.45) is 5.73 Å². The summed E-state index contributed by atoms with van der Waals surface area (Å²) in [5.74, 6) is -1.17. The Balaban J connectivity index is 1.56. The number of thiazole rings is 1. The summed E-state index contributed by atoms with van der Waals surface area (Å²) in [6, 6.07) is 3.69. The van der Waals surface area contributed by atoms with Crippen LogP contribution in [-0.2, 0) is 9.59 Å². The third-order valence-corrected chi connectivity index (χ3v) is 4.62. The number of benzene rings is 1. The monoisotopic (exact) mass is 388 g/mol. The number of rotatable bonds is 6. The maximum atomic E-state index is 12.2. The summed E-state index contributed by atoms with van der Waals surface area (Å²) in [5, 5.41) is 5.17. The Morgan fingerprint density at radius 2 is 2.04 bits per heavy atom. The van der Waals surface area contributed by atoms with Crippen LogP contribution >= 0.6 is 11.3 Å². The first kappa shape index (κ1) is 18.4. The Morgan fingerprint density at radius 3 is 2.69 bits per heavy atom. The van der Waals surface area contributed by atoms with E-state index in [1.807, 2.05) is 0 Å². The van der Waals surface area contributed by atoms with Gasteiger partial charge in [-0.05, 0) is 25.0 Å². The molecule has 1 fully saturated rings. The zero-order valence-corrected chi connectivity index (χ0v) is 14.2. The Kier molecular flexibility index (Phi) is 4.76. The van der Waals surface area contributed by atoms with E-state index in [4.69, 9.17) is 5.73 Å². The summed E-state index contributed by atoms with van der Waals surface area (Å²) < 4.78 is 41.0. The maximum absolute atomic E-state index is 12.2. The molecule has 140 valence electrons. The first-order chi connectivity index (χ1) is 12.1. The van der Waals surface area contributed by atoms with Crippen LogP contribution in [0.1, 0.15) is 19.3 Å². The summed E-state index contributed by atoms with van der Waals surface area (Å²) in [5.41, 5.74) is 5.80. The molecule has 7 nitrogen and oxygen atoms in total. The van der Waals surface area contributed by atoms with E-state index < -0.39 is 17.8 Å². The van der Waals surface area contributed by atoms with Gasteiger partial charge in [-0.25, -0.2) is 4.98 Å². The minimum absolute atomic E-state index is 0.170. The molecule has 4 N–H and O–H groups in total. The first-order valence-corrected chi connectivity index (χ1v) is 8.45. The van der Waals surface area contributed by atoms with E-state index in [0.717, 1.165) is 30.2 Å². The van der Waals surface area contributed by atoms with Gasteiger partial charge in [-0.2, -0.15) is 0 Å². The third kappa shape index (κ3) is 5.05. The zero-order chi connectivity index (χ0) is 18.9. The average molecular weight is 388 g/mol. The number of carbonyl (C=O) groups excluding carboxylic acids is 2. The quantitative estimate of drug-likeness (QED) is 0.703. The lowest BCUT2D eigenvalue weighted by atomic mass is 10.2. The molecule has 0 saturated heterocycles. The molecule has 2 aromatic rings. The normalized spacial score (nSPS) is 15.5. The molecule has 2 amide bonds. The number of fused-ring (bicyclic) bond motifs is 1. The number of nitrogens with two attached hydrogens (primary N) is 1. The number of carbonyl (C=O) groups is 2. The highest BCUT2D eigenvalue weighted by Gasteiger charge is 2.40. The Morgan fingerprint density at radius 1 is 1.31 bits per heavy atom. The Hall–Kier alpha value is -2.40. The first-order valence-electron chi connectivity index (χ1n) is 7.64. The van der Waals surface area contributed by atoms with Crippen LogP contribution < -0.4 is 21.1 Å². The largest absolute Gasteiger partial charge is 0.573 e. The SMILES string of the molecule is NC1(CC(=O)NCC(=O)Nc2nc3ccc(OC(F)(F)F)cc3s2)CC1. The van der Waals surface area contributed by atoms with Gasteiger partial charge in [0.05, 0.1) is 16.8 Å². The van der Waals surface area contributed by atoms with Gasteiger partial charge in [0.25, 0.3) is 0 Å². The average Bonchev–Trinajstić information content (AvgIpc) is 3.09. The fourth-order valence-corrected chi connectivity index (χ4v) is 3.13. The summed E-state index contributed by atoms with van der Waals surface area (Å²) >= 11 is 0.997. The summed E-state index contributed by atoms with van der Waals surface area (Å²) in [6.45, 7) is -0.243. The van der Waals surface area contributed by atoms with Gasteiger partial charge in [0.2, 0.25) is 11.8 Å². The number of hydrogen-bond acceptors (Lipinski definition) is 6. The molecule has 1 aliphatic carbocycles. The van der Waals surface area contributed by atoms with Gasteiger partial charge in [0.15, 0.2) is 5.13 Å². The minimum atomic E-state index is -4.78. The molecule has 3 rings (SSSR count). The second-order valence-electron chi connectivity index (χ2n) is 6.06. The standard InChI is InChI=1S/C15H15F3N4O3S/c16-15(17,18)25-8-1-2-9-10(5-8)26-13(21-9)22-12(24)7-20-11(23)6-14(19)3-4-14/h1-2,5H,3-4,6-7,19H2,(H,20,23)(H,21,22,24). The van der Waals surface area contributed by atoms with E-state index in [0.29, 0.717) is 10.2 Å². The highest BCUT2D eigenvalue weighted by atomic mass is 32.1. The smallest absolute Gasteiger partial charge is 0.406 e. The molecule has 0 radical (unpaired) electrons. The van der Waals surface area contributed by atoms with Crippen LogP contribution in [0.25, 0.3) is 10.2 Å². The summed E-state index contributed by atoms with van der Waals surface area (Å²) in [6.07, 6.45) is -3.03. The molecular formula is C15H15F3N4O3S. The fourth-order valence-electron chi connectivity index (χ4n) is 2.22. The molecule has 26 heavy (non-hydrogen) atoms. The van der Waals surface area contributed by atoms with Crippen molar-refractivity contribution in [1.29, 1.82) is 0 Å². The van der Waals surface area contributed by atoms with Gasteiger partial charge in [-0.15, -0.1) is 13.2 Å². The second-order valence-corrected chi connectivity index (χ2v) is 7.09. The molecule has 1 saturated carbocycles. The van der Waals surface area contributed by atoms with E-state index in [1.165, 1.54) is 12.1 Å². The van der Waals surface area contributed by atoms with E-state index in [-0.39, 0.29) is 29.8 Å². The van der Waals surface area contributed by atoms with Crippen molar-refractivity contribution in [3.05, 3.63) is 18.2 Å². The highest BCUT2D eigenvalue weighted by molar-refractivity contribution is 7.22. The van der Waals surface area contributed by atoms with Gasteiger partial charge >= 0.3 is 6.36 Å².